The second-order valence-corrected chi connectivity index (χ2v) is 5.34. The van der Waals surface area contributed by atoms with E-state index in [1.165, 1.54) is 12.1 Å². The summed E-state index contributed by atoms with van der Waals surface area (Å²) < 4.78 is 26.2. The minimum absolute atomic E-state index is 0.238. The summed E-state index contributed by atoms with van der Waals surface area (Å²) in [7, 11) is 0. The Hall–Kier alpha value is -1.74. The Labute approximate surface area is 117 Å². The van der Waals surface area contributed by atoms with Crippen molar-refractivity contribution in [2.24, 2.45) is 0 Å². The van der Waals surface area contributed by atoms with E-state index in [-0.39, 0.29) is 6.42 Å². The van der Waals surface area contributed by atoms with Crippen LogP contribution in [0.15, 0.2) is 36.4 Å². The first-order valence-corrected chi connectivity index (χ1v) is 6.62. The first-order chi connectivity index (χ1) is 9.42. The second-order valence-electron chi connectivity index (χ2n) is 5.34. The van der Waals surface area contributed by atoms with Gasteiger partial charge in [0.05, 0.1) is 6.10 Å². The molecule has 0 bridgehead atoms. The lowest BCUT2D eigenvalue weighted by Crippen LogP contribution is -2.14. The van der Waals surface area contributed by atoms with Crippen LogP contribution in [-0.4, -0.2) is 11.2 Å². The van der Waals surface area contributed by atoms with Crippen LogP contribution in [0.1, 0.15) is 22.3 Å². The van der Waals surface area contributed by atoms with Gasteiger partial charge in [-0.25, -0.2) is 8.78 Å². The fourth-order valence-electron chi connectivity index (χ4n) is 2.53. The number of hydrogen-bond acceptors (Lipinski definition) is 1. The van der Waals surface area contributed by atoms with Gasteiger partial charge in [0.2, 0.25) is 0 Å². The summed E-state index contributed by atoms with van der Waals surface area (Å²) >= 11 is 0. The highest BCUT2D eigenvalue weighted by Gasteiger charge is 2.09. The van der Waals surface area contributed by atoms with Gasteiger partial charge in [-0.2, -0.15) is 0 Å². The number of rotatable bonds is 4. The zero-order valence-corrected chi connectivity index (χ0v) is 11.7. The summed E-state index contributed by atoms with van der Waals surface area (Å²) in [6.07, 6.45) is 0.0555. The number of halogens is 2. The molecule has 1 unspecified atom stereocenters. The van der Waals surface area contributed by atoms with E-state index in [1.807, 2.05) is 26.0 Å². The van der Waals surface area contributed by atoms with Crippen LogP contribution < -0.4 is 0 Å². The van der Waals surface area contributed by atoms with Crippen LogP contribution in [0.25, 0.3) is 0 Å². The Morgan fingerprint density at radius 2 is 1.25 bits per heavy atom. The SMILES string of the molecule is Cc1cc(C)cc(CC(O)Cc2cc(F)cc(F)c2)c1. The molecule has 1 atom stereocenters. The van der Waals surface area contributed by atoms with E-state index in [0.717, 1.165) is 22.8 Å². The number of aliphatic hydroxyl groups excluding tert-OH is 1. The smallest absolute Gasteiger partial charge is 0.126 e. The molecule has 0 saturated heterocycles. The van der Waals surface area contributed by atoms with E-state index in [1.54, 1.807) is 0 Å². The van der Waals surface area contributed by atoms with Crippen molar-refractivity contribution in [2.45, 2.75) is 32.8 Å². The van der Waals surface area contributed by atoms with Gasteiger partial charge in [-0.1, -0.05) is 29.3 Å². The van der Waals surface area contributed by atoms with Gasteiger partial charge >= 0.3 is 0 Å². The van der Waals surface area contributed by atoms with E-state index < -0.39 is 17.7 Å². The predicted octanol–water partition coefficient (Wildman–Crippen LogP) is 3.73. The molecule has 0 heterocycles. The highest BCUT2D eigenvalue weighted by Crippen LogP contribution is 2.15. The van der Waals surface area contributed by atoms with Gasteiger partial charge in [0.25, 0.3) is 0 Å². The fourth-order valence-corrected chi connectivity index (χ4v) is 2.53. The van der Waals surface area contributed by atoms with Crippen LogP contribution in [0.2, 0.25) is 0 Å². The molecule has 0 fully saturated rings. The van der Waals surface area contributed by atoms with Crippen molar-refractivity contribution >= 4 is 0 Å². The average molecular weight is 276 g/mol. The summed E-state index contributed by atoms with van der Waals surface area (Å²) in [4.78, 5) is 0. The van der Waals surface area contributed by atoms with Crippen LogP contribution in [-0.2, 0) is 12.8 Å². The van der Waals surface area contributed by atoms with Gasteiger partial charge in [0.15, 0.2) is 0 Å². The van der Waals surface area contributed by atoms with Crippen LogP contribution >= 0.6 is 0 Å². The van der Waals surface area contributed by atoms with Crippen molar-refractivity contribution in [1.82, 2.24) is 0 Å². The van der Waals surface area contributed by atoms with Crippen molar-refractivity contribution in [3.8, 4) is 0 Å². The lowest BCUT2D eigenvalue weighted by atomic mass is 9.98. The number of aryl methyl sites for hydroxylation is 2. The lowest BCUT2D eigenvalue weighted by molar-refractivity contribution is 0.175. The summed E-state index contributed by atoms with van der Waals surface area (Å²) in [5.41, 5.74) is 3.79. The highest BCUT2D eigenvalue weighted by molar-refractivity contribution is 5.29. The van der Waals surface area contributed by atoms with Crippen LogP contribution in [0.5, 0.6) is 0 Å². The van der Waals surface area contributed by atoms with Gasteiger partial charge in [0, 0.05) is 6.07 Å². The maximum atomic E-state index is 13.1. The van der Waals surface area contributed by atoms with Crippen molar-refractivity contribution in [3.63, 3.8) is 0 Å². The van der Waals surface area contributed by atoms with Gasteiger partial charge in [-0.05, 0) is 49.9 Å². The fraction of sp³-hybridized carbons (Fsp3) is 0.294. The highest BCUT2D eigenvalue weighted by atomic mass is 19.1. The molecule has 3 heteroatoms. The molecule has 0 amide bonds. The summed E-state index contributed by atoms with van der Waals surface area (Å²) in [5.74, 6) is -1.22. The molecule has 2 aromatic rings. The second kappa shape index (κ2) is 6.14. The Morgan fingerprint density at radius 3 is 1.75 bits per heavy atom. The predicted molar refractivity (Wildman–Crippen MR) is 75.7 cm³/mol. The van der Waals surface area contributed by atoms with E-state index in [9.17, 15) is 13.9 Å². The Balaban J connectivity index is 2.06. The van der Waals surface area contributed by atoms with Crippen molar-refractivity contribution in [3.05, 3.63) is 70.3 Å². The van der Waals surface area contributed by atoms with E-state index in [4.69, 9.17) is 0 Å². The third kappa shape index (κ3) is 4.14. The summed E-state index contributed by atoms with van der Waals surface area (Å²) in [6, 6.07) is 9.45. The van der Waals surface area contributed by atoms with Crippen LogP contribution in [0.3, 0.4) is 0 Å². The standard InChI is InChI=1S/C17H18F2O/c1-11-3-12(2)5-13(4-11)8-17(20)9-14-6-15(18)10-16(19)7-14/h3-7,10,17,20H,8-9H2,1-2H3. The molecule has 0 aromatic heterocycles. The number of benzene rings is 2. The van der Waals surface area contributed by atoms with Crippen molar-refractivity contribution in [2.75, 3.05) is 0 Å². The minimum Gasteiger partial charge on any atom is -0.392 e. The molecule has 0 aliphatic carbocycles. The van der Waals surface area contributed by atoms with Crippen LogP contribution in [0, 0.1) is 25.5 Å². The number of aliphatic hydroxyl groups is 1. The van der Waals surface area contributed by atoms with Gasteiger partial charge < -0.3 is 5.11 Å². The third-order valence-electron chi connectivity index (χ3n) is 3.15. The van der Waals surface area contributed by atoms with Gasteiger partial charge in [-0.15, -0.1) is 0 Å². The molecule has 0 saturated carbocycles. The summed E-state index contributed by atoms with van der Waals surface area (Å²) in [6.45, 7) is 4.01. The minimum atomic E-state index is -0.655. The Bertz CT molecular complexity index is 514. The third-order valence-corrected chi connectivity index (χ3v) is 3.15. The molecule has 2 rings (SSSR count). The van der Waals surface area contributed by atoms with Crippen molar-refractivity contribution < 1.29 is 13.9 Å². The zero-order chi connectivity index (χ0) is 14.7. The quantitative estimate of drug-likeness (QED) is 0.902. The molecular weight excluding hydrogens is 258 g/mol. The van der Waals surface area contributed by atoms with Gasteiger partial charge in [-0.3, -0.25) is 0 Å². The number of hydrogen-bond donors (Lipinski definition) is 1. The molecule has 0 spiro atoms. The molecular formula is C17H18F2O. The normalized spacial score (nSPS) is 12.4. The van der Waals surface area contributed by atoms with E-state index in [2.05, 4.69) is 6.07 Å². The van der Waals surface area contributed by atoms with E-state index in [0.29, 0.717) is 12.0 Å². The average Bonchev–Trinajstić information content (AvgIpc) is 2.24. The van der Waals surface area contributed by atoms with E-state index >= 15 is 0 Å². The largest absolute Gasteiger partial charge is 0.392 e. The molecule has 1 nitrogen and oxygen atoms in total. The molecule has 106 valence electrons. The molecule has 1 N–H and O–H groups in total. The Morgan fingerprint density at radius 1 is 0.800 bits per heavy atom. The van der Waals surface area contributed by atoms with Crippen LogP contribution in [0.4, 0.5) is 8.78 Å². The molecule has 2 aromatic carbocycles. The monoisotopic (exact) mass is 276 g/mol. The molecule has 0 aliphatic rings. The first kappa shape index (κ1) is 14.7. The maximum absolute atomic E-state index is 13.1. The summed E-state index contributed by atoms with van der Waals surface area (Å²) in [5, 5.41) is 10.1. The first-order valence-electron chi connectivity index (χ1n) is 6.62. The molecule has 0 radical (unpaired) electrons. The molecule has 20 heavy (non-hydrogen) atoms. The van der Waals surface area contributed by atoms with Gasteiger partial charge in [0.1, 0.15) is 11.6 Å². The lowest BCUT2D eigenvalue weighted by Gasteiger charge is -2.12. The Kier molecular flexibility index (Phi) is 4.50. The van der Waals surface area contributed by atoms with Crippen molar-refractivity contribution in [1.29, 1.82) is 0 Å². The zero-order valence-electron chi connectivity index (χ0n) is 11.7. The maximum Gasteiger partial charge on any atom is 0.126 e. The topological polar surface area (TPSA) is 20.2 Å². The molecule has 0 aliphatic heterocycles.